The molecule has 0 spiro atoms. The summed E-state index contributed by atoms with van der Waals surface area (Å²) in [5.41, 5.74) is 3.25. The van der Waals surface area contributed by atoms with Crippen LogP contribution in [0.1, 0.15) is 34.3 Å². The van der Waals surface area contributed by atoms with E-state index in [0.717, 1.165) is 11.3 Å². The number of esters is 1. The van der Waals surface area contributed by atoms with Crippen molar-refractivity contribution < 1.29 is 19.1 Å². The van der Waals surface area contributed by atoms with Crippen LogP contribution in [-0.4, -0.2) is 32.8 Å². The van der Waals surface area contributed by atoms with E-state index in [2.05, 4.69) is 18.3 Å². The Morgan fingerprint density at radius 2 is 1.96 bits per heavy atom. The van der Waals surface area contributed by atoms with Crippen molar-refractivity contribution in [3.05, 3.63) is 59.2 Å². The summed E-state index contributed by atoms with van der Waals surface area (Å²) in [6, 6.07) is 13.0. The van der Waals surface area contributed by atoms with E-state index in [-0.39, 0.29) is 6.03 Å². The van der Waals surface area contributed by atoms with Crippen molar-refractivity contribution in [3.8, 4) is 5.75 Å². The van der Waals surface area contributed by atoms with Crippen LogP contribution in [0.2, 0.25) is 0 Å². The van der Waals surface area contributed by atoms with Gasteiger partial charge < -0.3 is 14.8 Å². The van der Waals surface area contributed by atoms with Crippen LogP contribution in [0.25, 0.3) is 0 Å². The molecule has 1 N–H and O–H groups in total. The van der Waals surface area contributed by atoms with Gasteiger partial charge in [0.05, 0.1) is 14.2 Å². The van der Waals surface area contributed by atoms with E-state index >= 15 is 0 Å². The summed E-state index contributed by atoms with van der Waals surface area (Å²) in [5, 5.41) is 2.92. The van der Waals surface area contributed by atoms with E-state index in [9.17, 15) is 9.59 Å². The van der Waals surface area contributed by atoms with E-state index in [1.165, 1.54) is 19.8 Å². The summed E-state index contributed by atoms with van der Waals surface area (Å²) in [7, 11) is 2.82. The molecule has 0 saturated heterocycles. The van der Waals surface area contributed by atoms with Gasteiger partial charge >= 0.3 is 12.0 Å². The third-order valence-corrected chi connectivity index (χ3v) is 4.57. The minimum atomic E-state index is -0.475. The number of hydrogen-bond acceptors (Lipinski definition) is 4. The highest BCUT2D eigenvalue weighted by Crippen LogP contribution is 2.35. The topological polar surface area (TPSA) is 67.9 Å². The lowest BCUT2D eigenvalue weighted by atomic mass is 10.0. The van der Waals surface area contributed by atoms with Gasteiger partial charge in [0, 0.05) is 24.7 Å². The van der Waals surface area contributed by atoms with Gasteiger partial charge in [-0.2, -0.15) is 0 Å². The number of carbonyl (C=O) groups excluding carboxylic acids is 2. The SMILES string of the molecule is COC(=O)c1cc(CNC(=O)N2CC(C)c3ccccc32)ccc1OC. The van der Waals surface area contributed by atoms with Crippen molar-refractivity contribution in [1.29, 1.82) is 0 Å². The van der Waals surface area contributed by atoms with Crippen molar-refractivity contribution in [2.45, 2.75) is 19.4 Å². The normalized spacial score (nSPS) is 15.3. The summed E-state index contributed by atoms with van der Waals surface area (Å²) in [6.45, 7) is 3.07. The monoisotopic (exact) mass is 354 g/mol. The quantitative estimate of drug-likeness (QED) is 0.856. The average molecular weight is 354 g/mol. The third kappa shape index (κ3) is 3.35. The number of hydrogen-bond donors (Lipinski definition) is 1. The lowest BCUT2D eigenvalue weighted by molar-refractivity contribution is 0.0597. The number of urea groups is 1. The Balaban J connectivity index is 1.72. The maximum Gasteiger partial charge on any atom is 0.341 e. The van der Waals surface area contributed by atoms with Crippen LogP contribution < -0.4 is 15.0 Å². The Bertz CT molecular complexity index is 834. The van der Waals surface area contributed by atoms with Crippen molar-refractivity contribution in [1.82, 2.24) is 5.32 Å². The second-order valence-electron chi connectivity index (χ2n) is 6.26. The molecule has 1 aliphatic heterocycles. The van der Waals surface area contributed by atoms with E-state index in [1.54, 1.807) is 17.0 Å². The lowest BCUT2D eigenvalue weighted by Gasteiger charge is -2.18. The second kappa shape index (κ2) is 7.47. The molecular weight excluding hydrogens is 332 g/mol. The minimum Gasteiger partial charge on any atom is -0.496 e. The standard InChI is InChI=1S/C20H22N2O4/c1-13-12-22(17-7-5-4-6-15(13)17)20(24)21-11-14-8-9-18(25-2)16(10-14)19(23)26-3/h4-10,13H,11-12H2,1-3H3,(H,21,24). The maximum absolute atomic E-state index is 12.6. The predicted octanol–water partition coefficient (Wildman–Crippen LogP) is 3.32. The number of nitrogens with one attached hydrogen (secondary N) is 1. The fourth-order valence-corrected chi connectivity index (χ4v) is 3.22. The number of para-hydroxylation sites is 1. The molecule has 136 valence electrons. The zero-order chi connectivity index (χ0) is 18.7. The molecule has 1 unspecified atom stereocenters. The van der Waals surface area contributed by atoms with Crippen molar-refractivity contribution in [2.24, 2.45) is 0 Å². The van der Waals surface area contributed by atoms with Gasteiger partial charge in [0.15, 0.2) is 0 Å². The highest BCUT2D eigenvalue weighted by atomic mass is 16.5. The number of methoxy groups -OCH3 is 2. The van der Waals surface area contributed by atoms with Gasteiger partial charge in [0.2, 0.25) is 0 Å². The number of ether oxygens (including phenoxy) is 2. The smallest absolute Gasteiger partial charge is 0.341 e. The Labute approximate surface area is 152 Å². The number of benzene rings is 2. The van der Waals surface area contributed by atoms with Gasteiger partial charge in [0.25, 0.3) is 0 Å². The van der Waals surface area contributed by atoms with Crippen molar-refractivity contribution >= 4 is 17.7 Å². The van der Waals surface area contributed by atoms with Crippen LogP contribution in [-0.2, 0) is 11.3 Å². The molecule has 26 heavy (non-hydrogen) atoms. The first-order chi connectivity index (χ1) is 12.5. The zero-order valence-corrected chi connectivity index (χ0v) is 15.1. The van der Waals surface area contributed by atoms with Crippen LogP contribution >= 0.6 is 0 Å². The molecule has 3 rings (SSSR count). The molecule has 6 nitrogen and oxygen atoms in total. The number of carbonyl (C=O) groups is 2. The number of fused-ring (bicyclic) bond motifs is 1. The van der Waals surface area contributed by atoms with E-state index in [4.69, 9.17) is 9.47 Å². The van der Waals surface area contributed by atoms with E-state index in [1.807, 2.05) is 24.3 Å². The fraction of sp³-hybridized carbons (Fsp3) is 0.300. The summed E-state index contributed by atoms with van der Waals surface area (Å²) in [4.78, 5) is 26.2. The Morgan fingerprint density at radius 1 is 1.19 bits per heavy atom. The zero-order valence-electron chi connectivity index (χ0n) is 15.1. The van der Waals surface area contributed by atoms with Gasteiger partial charge in [-0.1, -0.05) is 31.2 Å². The van der Waals surface area contributed by atoms with Crippen LogP contribution in [0.15, 0.2) is 42.5 Å². The number of anilines is 1. The molecule has 1 atom stereocenters. The number of rotatable bonds is 4. The molecule has 6 heteroatoms. The minimum absolute atomic E-state index is 0.155. The first kappa shape index (κ1) is 17.8. The molecule has 1 aliphatic rings. The van der Waals surface area contributed by atoms with Crippen LogP contribution in [0, 0.1) is 0 Å². The highest BCUT2D eigenvalue weighted by Gasteiger charge is 2.29. The third-order valence-electron chi connectivity index (χ3n) is 4.57. The van der Waals surface area contributed by atoms with Crippen molar-refractivity contribution in [2.75, 3.05) is 25.7 Å². The van der Waals surface area contributed by atoms with E-state index < -0.39 is 5.97 Å². The molecule has 1 heterocycles. The maximum atomic E-state index is 12.6. The molecule has 0 bridgehead atoms. The second-order valence-corrected chi connectivity index (χ2v) is 6.26. The molecule has 0 aromatic heterocycles. The lowest BCUT2D eigenvalue weighted by Crippen LogP contribution is -2.38. The molecule has 2 aromatic carbocycles. The molecule has 2 amide bonds. The van der Waals surface area contributed by atoms with Crippen LogP contribution in [0.5, 0.6) is 5.75 Å². The van der Waals surface area contributed by atoms with Gasteiger partial charge in [-0.3, -0.25) is 4.90 Å². The first-order valence-corrected chi connectivity index (χ1v) is 8.44. The molecule has 0 fully saturated rings. The summed E-state index contributed by atoms with van der Waals surface area (Å²) in [6.07, 6.45) is 0. The van der Waals surface area contributed by atoms with Crippen LogP contribution in [0.3, 0.4) is 0 Å². The Morgan fingerprint density at radius 3 is 2.69 bits per heavy atom. The van der Waals surface area contributed by atoms with E-state index in [0.29, 0.717) is 30.3 Å². The molecule has 0 radical (unpaired) electrons. The summed E-state index contributed by atoms with van der Waals surface area (Å²) < 4.78 is 9.96. The summed E-state index contributed by atoms with van der Waals surface area (Å²) in [5.74, 6) is 0.274. The number of nitrogens with zero attached hydrogens (tertiary/aromatic N) is 1. The fourth-order valence-electron chi connectivity index (χ4n) is 3.22. The molecule has 0 aliphatic carbocycles. The largest absolute Gasteiger partial charge is 0.496 e. The highest BCUT2D eigenvalue weighted by molar-refractivity contribution is 5.95. The Kier molecular flexibility index (Phi) is 5.11. The van der Waals surface area contributed by atoms with Gasteiger partial charge in [-0.05, 0) is 29.3 Å². The predicted molar refractivity (Wildman–Crippen MR) is 98.8 cm³/mol. The molecule has 0 saturated carbocycles. The Hall–Kier alpha value is -3.02. The first-order valence-electron chi connectivity index (χ1n) is 8.44. The van der Waals surface area contributed by atoms with Gasteiger partial charge in [-0.25, -0.2) is 9.59 Å². The van der Waals surface area contributed by atoms with Crippen LogP contribution in [0.4, 0.5) is 10.5 Å². The van der Waals surface area contributed by atoms with Gasteiger partial charge in [-0.15, -0.1) is 0 Å². The van der Waals surface area contributed by atoms with Crippen molar-refractivity contribution in [3.63, 3.8) is 0 Å². The molecular formula is C20H22N2O4. The molecule has 2 aromatic rings. The van der Waals surface area contributed by atoms with Gasteiger partial charge in [0.1, 0.15) is 11.3 Å². The summed E-state index contributed by atoms with van der Waals surface area (Å²) >= 11 is 0. The number of amides is 2. The average Bonchev–Trinajstić information content (AvgIpc) is 3.02.